The zero-order valence-corrected chi connectivity index (χ0v) is 14.9. The smallest absolute Gasteiger partial charge is 0.258 e. The topological polar surface area (TPSA) is 34.0 Å². The van der Waals surface area contributed by atoms with Crippen molar-refractivity contribution in [3.8, 4) is 0 Å². The maximum absolute atomic E-state index is 13.7. The quantitative estimate of drug-likeness (QED) is 0.874. The Hall–Kier alpha value is -1.98. The van der Waals surface area contributed by atoms with Crippen LogP contribution >= 0.6 is 0 Å². The van der Waals surface area contributed by atoms with Crippen LogP contribution < -0.4 is 10.5 Å². The summed E-state index contributed by atoms with van der Waals surface area (Å²) in [5.74, 6) is -0.109. The van der Waals surface area contributed by atoms with Crippen LogP contribution in [0.25, 0.3) is 10.8 Å². The molecule has 0 saturated carbocycles. The number of aryl methyl sites for hydroxylation is 1. The standard InChI is InChI=1S/C18H21FN2OSi/c1-3-20-23-14-6-4-5-12(9-14)17-11-21(2)18(22)15-8-7-13(19)10-16(15)17/h4-8,10-12,20H,3,9,23H2,1-2H3/t12-/m1/s1. The van der Waals surface area contributed by atoms with Crippen LogP contribution in [0.15, 0.2) is 52.6 Å². The lowest BCUT2D eigenvalue weighted by atomic mass is 9.90. The molecule has 1 aliphatic carbocycles. The first kappa shape index (κ1) is 15.9. The number of rotatable bonds is 4. The van der Waals surface area contributed by atoms with Gasteiger partial charge in [0.1, 0.15) is 15.5 Å². The van der Waals surface area contributed by atoms with E-state index in [4.69, 9.17) is 0 Å². The summed E-state index contributed by atoms with van der Waals surface area (Å²) in [5, 5.41) is 2.77. The first-order valence-electron chi connectivity index (χ1n) is 7.96. The number of nitrogens with one attached hydrogen (secondary N) is 1. The van der Waals surface area contributed by atoms with Gasteiger partial charge in [0.25, 0.3) is 5.56 Å². The van der Waals surface area contributed by atoms with Crippen molar-refractivity contribution in [2.75, 3.05) is 6.54 Å². The molecule has 0 fully saturated rings. The van der Waals surface area contributed by atoms with Gasteiger partial charge in [-0.25, -0.2) is 4.39 Å². The summed E-state index contributed by atoms with van der Waals surface area (Å²) >= 11 is 0. The zero-order valence-electron chi connectivity index (χ0n) is 13.5. The Morgan fingerprint density at radius 2 is 2.22 bits per heavy atom. The van der Waals surface area contributed by atoms with E-state index in [1.165, 1.54) is 17.3 Å². The van der Waals surface area contributed by atoms with E-state index in [0.717, 1.165) is 23.9 Å². The van der Waals surface area contributed by atoms with Crippen LogP contribution in [-0.2, 0) is 7.05 Å². The van der Waals surface area contributed by atoms with Gasteiger partial charge >= 0.3 is 0 Å². The highest BCUT2D eigenvalue weighted by molar-refractivity contribution is 6.42. The van der Waals surface area contributed by atoms with E-state index in [-0.39, 0.29) is 17.3 Å². The lowest BCUT2D eigenvalue weighted by Crippen LogP contribution is -2.23. The molecule has 0 amide bonds. The largest absolute Gasteiger partial charge is 0.339 e. The summed E-state index contributed by atoms with van der Waals surface area (Å²) < 4.78 is 15.3. The molecule has 3 nitrogen and oxygen atoms in total. The molecule has 2 aromatic rings. The second-order valence-corrected chi connectivity index (χ2v) is 7.75. The van der Waals surface area contributed by atoms with Crippen molar-refractivity contribution in [2.45, 2.75) is 19.3 Å². The number of hydrogen-bond acceptors (Lipinski definition) is 2. The van der Waals surface area contributed by atoms with E-state index in [1.807, 2.05) is 6.20 Å². The van der Waals surface area contributed by atoms with Crippen LogP contribution in [-0.4, -0.2) is 20.8 Å². The van der Waals surface area contributed by atoms with Gasteiger partial charge in [-0.3, -0.25) is 4.79 Å². The molecule has 3 rings (SSSR count). The Bertz CT molecular complexity index is 854. The van der Waals surface area contributed by atoms with Gasteiger partial charge in [0, 0.05) is 24.5 Å². The molecule has 1 aromatic heterocycles. The van der Waals surface area contributed by atoms with Gasteiger partial charge in [0.05, 0.1) is 0 Å². The average Bonchev–Trinajstić information content (AvgIpc) is 2.56. The fraction of sp³-hybridized carbons (Fsp3) is 0.278. The normalized spacial score (nSPS) is 18.0. The van der Waals surface area contributed by atoms with Crippen LogP contribution in [0.4, 0.5) is 4.39 Å². The predicted molar refractivity (Wildman–Crippen MR) is 95.9 cm³/mol. The van der Waals surface area contributed by atoms with Crippen molar-refractivity contribution >= 4 is 20.5 Å². The summed E-state index contributed by atoms with van der Waals surface area (Å²) in [6.07, 6.45) is 9.23. The van der Waals surface area contributed by atoms with Crippen molar-refractivity contribution < 1.29 is 4.39 Å². The maximum Gasteiger partial charge on any atom is 0.258 e. The minimum Gasteiger partial charge on any atom is -0.339 e. The Labute approximate surface area is 137 Å². The molecule has 1 atom stereocenters. The molecule has 120 valence electrons. The predicted octanol–water partition coefficient (Wildman–Crippen LogP) is 2.30. The molecule has 1 heterocycles. The molecule has 0 radical (unpaired) electrons. The van der Waals surface area contributed by atoms with Crippen molar-refractivity contribution in [1.82, 2.24) is 9.55 Å². The van der Waals surface area contributed by atoms with E-state index in [0.29, 0.717) is 5.39 Å². The first-order valence-corrected chi connectivity index (χ1v) is 9.37. The molecule has 0 spiro atoms. The zero-order chi connectivity index (χ0) is 16.4. The monoisotopic (exact) mass is 328 g/mol. The van der Waals surface area contributed by atoms with Gasteiger partial charge < -0.3 is 9.55 Å². The lowest BCUT2D eigenvalue weighted by Gasteiger charge is -2.21. The molecule has 0 bridgehead atoms. The number of fused-ring (bicyclic) bond motifs is 1. The van der Waals surface area contributed by atoms with Crippen LogP contribution in [0.2, 0.25) is 0 Å². The summed E-state index contributed by atoms with van der Waals surface area (Å²) in [6.45, 7) is 3.11. The molecule has 0 saturated heterocycles. The fourth-order valence-electron chi connectivity index (χ4n) is 3.14. The van der Waals surface area contributed by atoms with Crippen LogP contribution in [0.3, 0.4) is 0 Å². The molecule has 1 N–H and O–H groups in total. The highest BCUT2D eigenvalue weighted by Gasteiger charge is 2.18. The minimum atomic E-state index is -0.431. The number of aromatic nitrogens is 1. The Kier molecular flexibility index (Phi) is 4.59. The number of pyridine rings is 1. The summed E-state index contributed by atoms with van der Waals surface area (Å²) in [7, 11) is 1.32. The van der Waals surface area contributed by atoms with Crippen LogP contribution in [0.5, 0.6) is 0 Å². The van der Waals surface area contributed by atoms with Crippen molar-refractivity contribution in [3.63, 3.8) is 0 Å². The molecule has 5 heteroatoms. The van der Waals surface area contributed by atoms with E-state index >= 15 is 0 Å². The third kappa shape index (κ3) is 3.21. The summed E-state index contributed by atoms with van der Waals surface area (Å²) in [6, 6.07) is 4.43. The maximum atomic E-state index is 13.7. The fourth-order valence-corrected chi connectivity index (χ4v) is 4.42. The number of hydrogen-bond donors (Lipinski definition) is 1. The molecular weight excluding hydrogens is 307 g/mol. The second-order valence-electron chi connectivity index (χ2n) is 5.99. The minimum absolute atomic E-state index is 0.0821. The van der Waals surface area contributed by atoms with E-state index in [1.54, 1.807) is 17.7 Å². The highest BCUT2D eigenvalue weighted by atomic mass is 28.2. The van der Waals surface area contributed by atoms with Crippen molar-refractivity contribution in [2.24, 2.45) is 7.05 Å². The molecule has 1 aliphatic rings. The van der Waals surface area contributed by atoms with E-state index < -0.39 is 9.68 Å². The molecule has 1 aromatic carbocycles. The first-order chi connectivity index (χ1) is 11.1. The van der Waals surface area contributed by atoms with Crippen LogP contribution in [0, 0.1) is 5.82 Å². The summed E-state index contributed by atoms with van der Waals surface area (Å²) in [5.41, 5.74) is 0.940. The lowest BCUT2D eigenvalue weighted by molar-refractivity contribution is 0.629. The molecule has 0 aliphatic heterocycles. The van der Waals surface area contributed by atoms with E-state index in [2.05, 4.69) is 30.1 Å². The Morgan fingerprint density at radius 1 is 1.39 bits per heavy atom. The third-order valence-corrected chi connectivity index (χ3v) is 6.06. The number of halogens is 1. The number of nitrogens with zero attached hydrogens (tertiary/aromatic N) is 1. The van der Waals surface area contributed by atoms with Gasteiger partial charge in [0.15, 0.2) is 0 Å². The van der Waals surface area contributed by atoms with E-state index in [9.17, 15) is 9.18 Å². The summed E-state index contributed by atoms with van der Waals surface area (Å²) in [4.78, 5) is 15.8. The van der Waals surface area contributed by atoms with Gasteiger partial charge in [-0.2, -0.15) is 0 Å². The molecule has 23 heavy (non-hydrogen) atoms. The number of allylic oxidation sites excluding steroid dienone is 4. The molecular formula is C18H21FN2OSi. The third-order valence-electron chi connectivity index (χ3n) is 4.34. The number of benzene rings is 1. The molecule has 0 unspecified atom stereocenters. The Balaban J connectivity index is 2.05. The van der Waals surface area contributed by atoms with Gasteiger partial charge in [-0.1, -0.05) is 30.3 Å². The SMILES string of the molecule is CCN[SiH2]C1=CC=C[C@@H](c2cn(C)c(=O)c3ccc(F)cc23)C1. The van der Waals surface area contributed by atoms with Crippen LogP contribution in [0.1, 0.15) is 24.8 Å². The highest BCUT2D eigenvalue weighted by Crippen LogP contribution is 2.32. The average molecular weight is 328 g/mol. The second kappa shape index (κ2) is 6.64. The van der Waals surface area contributed by atoms with Gasteiger partial charge in [-0.15, -0.1) is 0 Å². The van der Waals surface area contributed by atoms with Crippen molar-refractivity contribution in [1.29, 1.82) is 0 Å². The van der Waals surface area contributed by atoms with Crippen molar-refractivity contribution in [3.05, 3.63) is 69.6 Å². The van der Waals surface area contributed by atoms with Gasteiger partial charge in [0.2, 0.25) is 0 Å². The van der Waals surface area contributed by atoms with Gasteiger partial charge in [-0.05, 0) is 42.1 Å². The Morgan fingerprint density at radius 3 is 3.00 bits per heavy atom.